The van der Waals surface area contributed by atoms with E-state index < -0.39 is 18.2 Å². The number of fused-ring (bicyclic) bond motifs is 1. The number of rotatable bonds is 7. The van der Waals surface area contributed by atoms with Crippen LogP contribution in [0.5, 0.6) is 0 Å². The summed E-state index contributed by atoms with van der Waals surface area (Å²) in [5.74, 6) is -0.399. The lowest BCUT2D eigenvalue weighted by atomic mass is 9.99. The van der Waals surface area contributed by atoms with E-state index in [1.165, 1.54) is 5.56 Å². The zero-order valence-corrected chi connectivity index (χ0v) is 19.1. The van der Waals surface area contributed by atoms with Gasteiger partial charge in [-0.15, -0.1) is 0 Å². The quantitative estimate of drug-likeness (QED) is 0.522. The highest BCUT2D eigenvalue weighted by molar-refractivity contribution is 5.90. The van der Waals surface area contributed by atoms with Crippen molar-refractivity contribution >= 4 is 22.6 Å². The Kier molecular flexibility index (Phi) is 7.06. The average Bonchev–Trinajstić information content (AvgIpc) is 3.25. The molecule has 0 aromatic heterocycles. The number of amides is 2. The second kappa shape index (κ2) is 10.1. The van der Waals surface area contributed by atoms with Crippen molar-refractivity contribution in [3.63, 3.8) is 0 Å². The number of nitrogens with one attached hydrogen (secondary N) is 2. The first-order valence-corrected chi connectivity index (χ1v) is 11.4. The molecule has 1 aliphatic rings. The number of aryl methyl sites for hydroxylation is 1. The van der Waals surface area contributed by atoms with Crippen molar-refractivity contribution in [2.24, 2.45) is 0 Å². The van der Waals surface area contributed by atoms with E-state index >= 15 is 0 Å². The topological polar surface area (TPSA) is 81.7 Å². The van der Waals surface area contributed by atoms with Crippen molar-refractivity contribution in [3.05, 3.63) is 83.4 Å². The molecule has 0 bridgehead atoms. The zero-order chi connectivity index (χ0) is 23.4. The molecule has 172 valence electrons. The number of benzene rings is 3. The molecule has 0 radical (unpaired) electrons. The molecule has 3 aromatic carbocycles. The van der Waals surface area contributed by atoms with Gasteiger partial charge in [-0.3, -0.25) is 9.59 Å². The molecule has 0 unspecified atom stereocenters. The van der Waals surface area contributed by atoms with E-state index in [9.17, 15) is 14.7 Å². The van der Waals surface area contributed by atoms with Crippen LogP contribution in [0.4, 0.5) is 0 Å². The van der Waals surface area contributed by atoms with Crippen molar-refractivity contribution in [2.75, 3.05) is 13.6 Å². The van der Waals surface area contributed by atoms with E-state index in [4.69, 9.17) is 0 Å². The van der Waals surface area contributed by atoms with E-state index in [-0.39, 0.29) is 11.8 Å². The van der Waals surface area contributed by atoms with Gasteiger partial charge in [0.2, 0.25) is 11.8 Å². The van der Waals surface area contributed by atoms with Crippen molar-refractivity contribution < 1.29 is 14.7 Å². The fourth-order valence-electron chi connectivity index (χ4n) is 4.37. The third kappa shape index (κ3) is 5.78. The summed E-state index contributed by atoms with van der Waals surface area (Å²) in [4.78, 5) is 27.9. The van der Waals surface area contributed by atoms with E-state index in [2.05, 4.69) is 47.9 Å². The SMILES string of the molecule is Cc1ccc2cc(C[C@H](NC(=O)[C@@H]3C[C@@H](O)CN3)C(=O)N(C)Cc3ccccc3)ccc2c1. The van der Waals surface area contributed by atoms with Gasteiger partial charge >= 0.3 is 0 Å². The van der Waals surface area contributed by atoms with Gasteiger partial charge in [-0.25, -0.2) is 0 Å². The molecule has 1 heterocycles. The molecule has 33 heavy (non-hydrogen) atoms. The molecular formula is C27H31N3O3. The average molecular weight is 446 g/mol. The van der Waals surface area contributed by atoms with Gasteiger partial charge in [0.05, 0.1) is 12.1 Å². The summed E-state index contributed by atoms with van der Waals surface area (Å²) >= 11 is 0. The first-order valence-electron chi connectivity index (χ1n) is 11.4. The molecule has 3 atom stereocenters. The number of carbonyl (C=O) groups excluding carboxylic acids is 2. The molecule has 1 aliphatic heterocycles. The molecule has 6 heteroatoms. The summed E-state index contributed by atoms with van der Waals surface area (Å²) in [5.41, 5.74) is 3.21. The highest BCUT2D eigenvalue weighted by atomic mass is 16.3. The van der Waals surface area contributed by atoms with Gasteiger partial charge < -0.3 is 20.6 Å². The maximum absolute atomic E-state index is 13.4. The van der Waals surface area contributed by atoms with Crippen LogP contribution in [0.15, 0.2) is 66.7 Å². The van der Waals surface area contributed by atoms with Crippen LogP contribution in [0.1, 0.15) is 23.1 Å². The molecule has 3 aromatic rings. The number of hydrogen-bond acceptors (Lipinski definition) is 4. The minimum absolute atomic E-state index is 0.144. The van der Waals surface area contributed by atoms with Crippen LogP contribution in [0.2, 0.25) is 0 Å². The molecule has 4 rings (SSSR count). The maximum Gasteiger partial charge on any atom is 0.245 e. The number of nitrogens with zero attached hydrogens (tertiary/aromatic N) is 1. The predicted molar refractivity (Wildman–Crippen MR) is 130 cm³/mol. The summed E-state index contributed by atoms with van der Waals surface area (Å²) in [5, 5.41) is 18.0. The minimum atomic E-state index is -0.700. The first kappa shape index (κ1) is 23.0. The van der Waals surface area contributed by atoms with Crippen molar-refractivity contribution in [3.8, 4) is 0 Å². The van der Waals surface area contributed by atoms with Crippen LogP contribution in [-0.4, -0.2) is 53.6 Å². The first-order chi connectivity index (χ1) is 15.9. The van der Waals surface area contributed by atoms with E-state index in [0.29, 0.717) is 25.9 Å². The highest BCUT2D eigenvalue weighted by Gasteiger charge is 2.32. The second-order valence-electron chi connectivity index (χ2n) is 8.98. The predicted octanol–water partition coefficient (Wildman–Crippen LogP) is 2.56. The van der Waals surface area contributed by atoms with Gasteiger partial charge in [-0.2, -0.15) is 0 Å². The lowest BCUT2D eigenvalue weighted by molar-refractivity contribution is -0.136. The van der Waals surface area contributed by atoms with E-state index in [1.54, 1.807) is 11.9 Å². The van der Waals surface area contributed by atoms with Crippen molar-refractivity contribution in [1.82, 2.24) is 15.5 Å². The van der Waals surface area contributed by atoms with Crippen LogP contribution in [0, 0.1) is 6.92 Å². The Balaban J connectivity index is 1.54. The van der Waals surface area contributed by atoms with Crippen molar-refractivity contribution in [2.45, 2.75) is 44.5 Å². The smallest absolute Gasteiger partial charge is 0.245 e. The van der Waals surface area contributed by atoms with Gasteiger partial charge in [0.15, 0.2) is 0 Å². The Labute approximate surface area is 194 Å². The Morgan fingerprint density at radius 3 is 2.52 bits per heavy atom. The van der Waals surface area contributed by atoms with Gasteiger partial charge in [0, 0.05) is 26.6 Å². The van der Waals surface area contributed by atoms with Crippen LogP contribution < -0.4 is 10.6 Å². The Bertz CT molecular complexity index is 1130. The molecule has 0 saturated carbocycles. The Morgan fingerprint density at radius 1 is 1.06 bits per heavy atom. The van der Waals surface area contributed by atoms with Crippen molar-refractivity contribution in [1.29, 1.82) is 0 Å². The zero-order valence-electron chi connectivity index (χ0n) is 19.1. The summed E-state index contributed by atoms with van der Waals surface area (Å²) in [7, 11) is 1.76. The molecule has 2 amide bonds. The van der Waals surface area contributed by atoms with Gasteiger partial charge in [0.1, 0.15) is 6.04 Å². The molecule has 0 spiro atoms. The Hall–Kier alpha value is -3.22. The number of likely N-dealkylation sites (N-methyl/N-ethyl adjacent to an activating group) is 1. The van der Waals surface area contributed by atoms with Crippen LogP contribution >= 0.6 is 0 Å². The summed E-state index contributed by atoms with van der Waals surface area (Å²) < 4.78 is 0. The number of aliphatic hydroxyl groups excluding tert-OH is 1. The monoisotopic (exact) mass is 445 g/mol. The summed E-state index contributed by atoms with van der Waals surface area (Å²) in [6.45, 7) is 2.91. The molecular weight excluding hydrogens is 414 g/mol. The number of carbonyl (C=O) groups is 2. The maximum atomic E-state index is 13.4. The lowest BCUT2D eigenvalue weighted by Crippen LogP contribution is -2.52. The van der Waals surface area contributed by atoms with E-state index in [1.807, 2.05) is 36.4 Å². The standard InChI is InChI=1S/C27H31N3O3/c1-18-8-10-22-13-20(9-11-21(22)12-18)14-25(29-26(32)24-15-23(31)16-28-24)27(33)30(2)17-19-6-4-3-5-7-19/h3-13,23-25,28,31H,14-17H2,1-2H3,(H,29,32)/t23-,24+,25+/m1/s1. The molecule has 0 aliphatic carbocycles. The number of hydrogen-bond donors (Lipinski definition) is 3. The normalized spacial score (nSPS) is 18.8. The van der Waals surface area contributed by atoms with Crippen LogP contribution in [0.25, 0.3) is 10.8 Å². The summed E-state index contributed by atoms with van der Waals surface area (Å²) in [6, 6.07) is 21.0. The molecule has 1 fully saturated rings. The third-order valence-electron chi connectivity index (χ3n) is 6.18. The van der Waals surface area contributed by atoms with Crippen LogP contribution in [-0.2, 0) is 22.6 Å². The Morgan fingerprint density at radius 2 is 1.79 bits per heavy atom. The fourth-order valence-corrected chi connectivity index (χ4v) is 4.37. The molecule has 6 nitrogen and oxygen atoms in total. The number of β-amino-alcohol motifs (C(OH)–C–C–N with tert-alkyl or cyclic N) is 1. The summed E-state index contributed by atoms with van der Waals surface area (Å²) in [6.07, 6.45) is 0.199. The largest absolute Gasteiger partial charge is 0.392 e. The van der Waals surface area contributed by atoms with Crippen LogP contribution in [0.3, 0.4) is 0 Å². The molecule has 1 saturated heterocycles. The second-order valence-corrected chi connectivity index (χ2v) is 8.98. The highest BCUT2D eigenvalue weighted by Crippen LogP contribution is 2.19. The molecule has 3 N–H and O–H groups in total. The van der Waals surface area contributed by atoms with Gasteiger partial charge in [0.25, 0.3) is 0 Å². The van der Waals surface area contributed by atoms with Gasteiger partial charge in [-0.05, 0) is 35.2 Å². The third-order valence-corrected chi connectivity index (χ3v) is 6.18. The lowest BCUT2D eigenvalue weighted by Gasteiger charge is -2.26. The van der Waals surface area contributed by atoms with E-state index in [0.717, 1.165) is 21.9 Å². The fraction of sp³-hybridized carbons (Fsp3) is 0.333. The minimum Gasteiger partial charge on any atom is -0.392 e. The van der Waals surface area contributed by atoms with Gasteiger partial charge in [-0.1, -0.05) is 72.3 Å². The number of aliphatic hydroxyl groups is 1.